The van der Waals surface area contributed by atoms with E-state index in [0.717, 1.165) is 27.9 Å². The van der Waals surface area contributed by atoms with E-state index < -0.39 is 12.2 Å². The molecule has 144 valence electrons. The lowest BCUT2D eigenvalue weighted by molar-refractivity contribution is -0.0104. The highest BCUT2D eigenvalue weighted by Gasteiger charge is 2.31. The number of benzene rings is 2. The highest BCUT2D eigenvalue weighted by molar-refractivity contribution is 5.81. The number of fused-ring (bicyclic) bond motifs is 2. The molecule has 29 heavy (non-hydrogen) atoms. The van der Waals surface area contributed by atoms with Crippen LogP contribution in [-0.4, -0.2) is 27.8 Å². The zero-order valence-electron chi connectivity index (χ0n) is 15.9. The SMILES string of the molecule is Cc1ccc(OC2COc3ccc(-c4ccc5ccccc5n4)cc3C2O)cn1. The maximum atomic E-state index is 10.9. The van der Waals surface area contributed by atoms with Crippen LogP contribution in [0.15, 0.2) is 72.9 Å². The zero-order chi connectivity index (χ0) is 19.8. The van der Waals surface area contributed by atoms with Crippen molar-refractivity contribution in [3.05, 3.63) is 84.2 Å². The van der Waals surface area contributed by atoms with Crippen LogP contribution in [0.5, 0.6) is 11.5 Å². The van der Waals surface area contributed by atoms with E-state index >= 15 is 0 Å². The summed E-state index contributed by atoms with van der Waals surface area (Å²) < 4.78 is 11.8. The van der Waals surface area contributed by atoms with Gasteiger partial charge in [0.2, 0.25) is 0 Å². The van der Waals surface area contributed by atoms with Crippen molar-refractivity contribution in [2.45, 2.75) is 19.1 Å². The molecule has 2 aromatic carbocycles. The molecule has 2 unspecified atom stereocenters. The van der Waals surface area contributed by atoms with E-state index in [4.69, 9.17) is 14.5 Å². The molecule has 0 amide bonds. The van der Waals surface area contributed by atoms with E-state index in [1.54, 1.807) is 6.20 Å². The number of nitrogens with zero attached hydrogens (tertiary/aromatic N) is 2. The van der Waals surface area contributed by atoms with Crippen LogP contribution in [0, 0.1) is 6.92 Å². The number of ether oxygens (including phenoxy) is 2. The maximum Gasteiger partial charge on any atom is 0.163 e. The Hall–Kier alpha value is -3.44. The average molecular weight is 384 g/mol. The van der Waals surface area contributed by atoms with Gasteiger partial charge in [0.1, 0.15) is 24.2 Å². The number of aromatic nitrogens is 2. The van der Waals surface area contributed by atoms with Crippen LogP contribution in [0.3, 0.4) is 0 Å². The van der Waals surface area contributed by atoms with Crippen molar-refractivity contribution >= 4 is 10.9 Å². The topological polar surface area (TPSA) is 64.5 Å². The molecular formula is C24H20N2O3. The van der Waals surface area contributed by atoms with E-state index in [1.807, 2.05) is 67.6 Å². The van der Waals surface area contributed by atoms with Gasteiger partial charge < -0.3 is 14.6 Å². The number of hydrogen-bond donors (Lipinski definition) is 1. The first-order valence-electron chi connectivity index (χ1n) is 9.58. The third-order valence-corrected chi connectivity index (χ3v) is 5.15. The number of hydrogen-bond acceptors (Lipinski definition) is 5. The minimum atomic E-state index is -0.805. The minimum absolute atomic E-state index is 0.273. The third kappa shape index (κ3) is 3.41. The summed E-state index contributed by atoms with van der Waals surface area (Å²) in [6.07, 6.45) is 0.347. The van der Waals surface area contributed by atoms with Crippen molar-refractivity contribution in [1.29, 1.82) is 0 Å². The Morgan fingerprint density at radius 1 is 1.03 bits per heavy atom. The summed E-state index contributed by atoms with van der Waals surface area (Å²) in [7, 11) is 0. The van der Waals surface area contributed by atoms with Gasteiger partial charge in [-0.15, -0.1) is 0 Å². The molecule has 0 fully saturated rings. The molecule has 2 atom stereocenters. The van der Waals surface area contributed by atoms with Crippen LogP contribution in [-0.2, 0) is 0 Å². The van der Waals surface area contributed by atoms with Crippen LogP contribution >= 0.6 is 0 Å². The van der Waals surface area contributed by atoms with E-state index in [0.29, 0.717) is 17.1 Å². The molecule has 1 aliphatic heterocycles. The van der Waals surface area contributed by atoms with Crippen molar-refractivity contribution in [2.75, 3.05) is 6.61 Å². The second-order valence-electron chi connectivity index (χ2n) is 7.19. The molecule has 0 radical (unpaired) electrons. The summed E-state index contributed by atoms with van der Waals surface area (Å²) in [4.78, 5) is 8.99. The highest BCUT2D eigenvalue weighted by atomic mass is 16.5. The van der Waals surface area contributed by atoms with Crippen LogP contribution < -0.4 is 9.47 Å². The summed E-state index contributed by atoms with van der Waals surface area (Å²) in [6, 6.07) is 21.6. The molecule has 5 nitrogen and oxygen atoms in total. The lowest BCUT2D eigenvalue weighted by Crippen LogP contribution is -2.35. The van der Waals surface area contributed by atoms with Gasteiger partial charge >= 0.3 is 0 Å². The predicted octanol–water partition coefficient (Wildman–Crippen LogP) is 4.48. The molecule has 1 aliphatic rings. The van der Waals surface area contributed by atoms with Gasteiger partial charge in [0.25, 0.3) is 0 Å². The van der Waals surface area contributed by atoms with Crippen molar-refractivity contribution in [3.8, 4) is 22.8 Å². The number of para-hydroxylation sites is 1. The normalized spacial score (nSPS) is 18.1. The van der Waals surface area contributed by atoms with E-state index in [1.165, 1.54) is 0 Å². The molecule has 0 aliphatic carbocycles. The molecule has 0 saturated heterocycles. The number of aliphatic hydroxyl groups excluding tert-OH is 1. The van der Waals surface area contributed by atoms with Gasteiger partial charge in [-0.1, -0.05) is 24.3 Å². The molecule has 3 heterocycles. The molecule has 0 bridgehead atoms. The Morgan fingerprint density at radius 2 is 1.93 bits per heavy atom. The summed E-state index contributed by atoms with van der Waals surface area (Å²) in [5, 5.41) is 12.0. The Labute approximate surface area is 168 Å². The number of aryl methyl sites for hydroxylation is 1. The summed E-state index contributed by atoms with van der Waals surface area (Å²) in [5.74, 6) is 1.28. The molecule has 5 rings (SSSR count). The van der Waals surface area contributed by atoms with E-state index in [9.17, 15) is 5.11 Å². The standard InChI is InChI=1S/C24H20N2O3/c1-15-6-9-18(13-25-15)29-23-14-28-22-11-8-17(12-19(22)24(23)27)21-10-7-16-4-2-3-5-20(16)26-21/h2-13,23-24,27H,14H2,1H3. The molecule has 1 N–H and O–H groups in total. The minimum Gasteiger partial charge on any atom is -0.489 e. The van der Waals surface area contributed by atoms with Gasteiger partial charge in [0.15, 0.2) is 6.10 Å². The largest absolute Gasteiger partial charge is 0.489 e. The van der Waals surface area contributed by atoms with Crippen molar-refractivity contribution in [2.24, 2.45) is 0 Å². The van der Waals surface area contributed by atoms with Gasteiger partial charge in [0.05, 0.1) is 17.4 Å². The first-order valence-corrected chi connectivity index (χ1v) is 9.58. The Balaban J connectivity index is 1.45. The first-order chi connectivity index (χ1) is 14.2. The molecule has 4 aromatic rings. The van der Waals surface area contributed by atoms with Crippen molar-refractivity contribution in [1.82, 2.24) is 9.97 Å². The smallest absolute Gasteiger partial charge is 0.163 e. The van der Waals surface area contributed by atoms with Crippen molar-refractivity contribution in [3.63, 3.8) is 0 Å². The van der Waals surface area contributed by atoms with Crippen LogP contribution in [0.4, 0.5) is 0 Å². The van der Waals surface area contributed by atoms with Crippen LogP contribution in [0.2, 0.25) is 0 Å². The average Bonchev–Trinajstić information content (AvgIpc) is 2.77. The lowest BCUT2D eigenvalue weighted by atomic mass is 9.97. The van der Waals surface area contributed by atoms with Crippen molar-refractivity contribution < 1.29 is 14.6 Å². The molecule has 2 aromatic heterocycles. The molecule has 0 saturated carbocycles. The first kappa shape index (κ1) is 17.6. The zero-order valence-corrected chi connectivity index (χ0v) is 15.9. The van der Waals surface area contributed by atoms with Gasteiger partial charge in [-0.3, -0.25) is 4.98 Å². The van der Waals surface area contributed by atoms with Gasteiger partial charge in [0, 0.05) is 22.2 Å². The highest BCUT2D eigenvalue weighted by Crippen LogP contribution is 2.36. The monoisotopic (exact) mass is 384 g/mol. The number of pyridine rings is 2. The second-order valence-corrected chi connectivity index (χ2v) is 7.19. The summed E-state index contributed by atoms with van der Waals surface area (Å²) in [6.45, 7) is 2.19. The second kappa shape index (κ2) is 7.18. The fourth-order valence-electron chi connectivity index (χ4n) is 3.56. The maximum absolute atomic E-state index is 10.9. The summed E-state index contributed by atoms with van der Waals surface area (Å²) in [5.41, 5.74) is 4.33. The molecular weight excluding hydrogens is 364 g/mol. The molecule has 5 heteroatoms. The van der Waals surface area contributed by atoms with Gasteiger partial charge in [-0.05, 0) is 49.4 Å². The number of rotatable bonds is 3. The van der Waals surface area contributed by atoms with Gasteiger partial charge in [-0.2, -0.15) is 0 Å². The Morgan fingerprint density at radius 3 is 2.79 bits per heavy atom. The van der Waals surface area contributed by atoms with E-state index in [2.05, 4.69) is 11.1 Å². The lowest BCUT2D eigenvalue weighted by Gasteiger charge is -2.30. The van der Waals surface area contributed by atoms with Gasteiger partial charge in [-0.25, -0.2) is 4.98 Å². The van der Waals surface area contributed by atoms with Crippen LogP contribution in [0.1, 0.15) is 17.4 Å². The van der Waals surface area contributed by atoms with Crippen LogP contribution in [0.25, 0.3) is 22.2 Å². The van der Waals surface area contributed by atoms with E-state index in [-0.39, 0.29) is 6.61 Å². The number of aliphatic hydroxyl groups is 1. The predicted molar refractivity (Wildman–Crippen MR) is 111 cm³/mol. The Kier molecular flexibility index (Phi) is 4.37. The Bertz CT molecular complexity index is 1170. The third-order valence-electron chi connectivity index (χ3n) is 5.15. The fourth-order valence-corrected chi connectivity index (χ4v) is 3.56. The fraction of sp³-hybridized carbons (Fsp3) is 0.167. The molecule has 0 spiro atoms. The quantitative estimate of drug-likeness (QED) is 0.564. The summed E-state index contributed by atoms with van der Waals surface area (Å²) >= 11 is 0.